The molecule has 0 spiro atoms. The summed E-state index contributed by atoms with van der Waals surface area (Å²) in [7, 11) is 1.60. The number of carbonyl (C=O) groups excluding carboxylic acids is 2. The van der Waals surface area contributed by atoms with Crippen molar-refractivity contribution >= 4 is 34.8 Å². The lowest BCUT2D eigenvalue weighted by Gasteiger charge is -2.37. The number of amides is 2. The minimum atomic E-state index is -0.206. The molecule has 8 heteroatoms. The lowest BCUT2D eigenvalue weighted by Crippen LogP contribution is -2.48. The molecule has 1 fully saturated rings. The molecule has 6 nitrogen and oxygen atoms in total. The molecule has 1 atom stereocenters. The Kier molecular flexibility index (Phi) is 7.48. The van der Waals surface area contributed by atoms with Crippen molar-refractivity contribution in [2.45, 2.75) is 25.3 Å². The first kappa shape index (κ1) is 24.7. The summed E-state index contributed by atoms with van der Waals surface area (Å²) in [6, 6.07) is 16.2. The highest BCUT2D eigenvalue weighted by atomic mass is 35.5. The Morgan fingerprint density at radius 2 is 1.78 bits per heavy atom. The summed E-state index contributed by atoms with van der Waals surface area (Å²) in [6.45, 7) is 1.60. The molecule has 0 unspecified atom stereocenters. The van der Waals surface area contributed by atoms with E-state index in [1.165, 1.54) is 4.88 Å². The van der Waals surface area contributed by atoms with E-state index in [0.29, 0.717) is 47.7 Å². The maximum absolute atomic E-state index is 13.7. The quantitative estimate of drug-likeness (QED) is 0.372. The molecule has 5 rings (SSSR count). The van der Waals surface area contributed by atoms with Crippen molar-refractivity contribution < 1.29 is 19.1 Å². The number of ether oxygens (including phenoxy) is 2. The van der Waals surface area contributed by atoms with Gasteiger partial charge in [-0.05, 0) is 90.7 Å². The Balaban J connectivity index is 1.32. The fourth-order valence-electron chi connectivity index (χ4n) is 4.58. The summed E-state index contributed by atoms with van der Waals surface area (Å²) in [4.78, 5) is 31.9. The molecule has 1 aliphatic heterocycles. The molecule has 2 heterocycles. The molecule has 2 aromatic carbocycles. The zero-order valence-corrected chi connectivity index (χ0v) is 21.8. The maximum Gasteiger partial charge on any atom is 0.254 e. The van der Waals surface area contributed by atoms with Crippen LogP contribution in [0.3, 0.4) is 0 Å². The second-order valence-electron chi connectivity index (χ2n) is 9.27. The maximum atomic E-state index is 13.7. The van der Waals surface area contributed by atoms with Gasteiger partial charge in [0.05, 0.1) is 13.2 Å². The monoisotopic (exact) mass is 524 g/mol. The Bertz CT molecular complexity index is 1210. The Hall–Kier alpha value is -3.03. The lowest BCUT2D eigenvalue weighted by molar-refractivity contribution is -0.135. The normalized spacial score (nSPS) is 16.8. The van der Waals surface area contributed by atoms with Crippen LogP contribution in [-0.4, -0.2) is 55.0 Å². The highest BCUT2D eigenvalue weighted by Gasteiger charge is 2.35. The molecule has 1 saturated carbocycles. The third kappa shape index (κ3) is 5.68. The number of hydrogen-bond acceptors (Lipinski definition) is 5. The molecular formula is C28H29ClN2O4S. The van der Waals surface area contributed by atoms with Gasteiger partial charge in [-0.25, -0.2) is 0 Å². The van der Waals surface area contributed by atoms with Gasteiger partial charge in [-0.1, -0.05) is 11.6 Å². The molecule has 3 aromatic rings. The fraction of sp³-hybridized carbons (Fsp3) is 0.357. The van der Waals surface area contributed by atoms with Crippen LogP contribution in [0.1, 0.15) is 39.7 Å². The van der Waals surface area contributed by atoms with Crippen LogP contribution >= 0.6 is 22.9 Å². The number of thiophene rings is 1. The van der Waals surface area contributed by atoms with Crippen LogP contribution in [0.4, 0.5) is 0 Å². The molecular weight excluding hydrogens is 496 g/mol. The van der Waals surface area contributed by atoms with Gasteiger partial charge in [-0.2, -0.15) is 0 Å². The molecule has 1 aromatic heterocycles. The van der Waals surface area contributed by atoms with E-state index in [9.17, 15) is 9.59 Å². The minimum Gasteiger partial charge on any atom is -0.497 e. The van der Waals surface area contributed by atoms with E-state index >= 15 is 0 Å². The predicted molar refractivity (Wildman–Crippen MR) is 141 cm³/mol. The standard InChI is InChI=1S/C28H29ClN2O4S/c1-34-22-8-4-20(5-9-22)28(33)30(16-19-2-3-19)17-27(32)31-14-12-26-24(13-15-36-26)25(31)18-35-23-10-6-21(29)7-11-23/h4-11,13,15,19,25H,2-3,12,14,16-18H2,1H3/t25-/m1/s1. The zero-order chi connectivity index (χ0) is 25.1. The minimum absolute atomic E-state index is 0.0538. The topological polar surface area (TPSA) is 59.1 Å². The summed E-state index contributed by atoms with van der Waals surface area (Å²) in [5, 5.41) is 2.72. The van der Waals surface area contributed by atoms with Crippen molar-refractivity contribution in [3.8, 4) is 11.5 Å². The van der Waals surface area contributed by atoms with Gasteiger partial charge in [0.2, 0.25) is 5.91 Å². The number of halogens is 1. The second-order valence-corrected chi connectivity index (χ2v) is 10.7. The zero-order valence-electron chi connectivity index (χ0n) is 20.2. The van der Waals surface area contributed by atoms with Gasteiger partial charge < -0.3 is 19.3 Å². The van der Waals surface area contributed by atoms with Gasteiger partial charge in [0, 0.05) is 28.6 Å². The van der Waals surface area contributed by atoms with Crippen molar-refractivity contribution in [2.75, 3.05) is 33.4 Å². The van der Waals surface area contributed by atoms with E-state index in [4.69, 9.17) is 21.1 Å². The molecule has 2 amide bonds. The highest BCUT2D eigenvalue weighted by molar-refractivity contribution is 7.10. The summed E-state index contributed by atoms with van der Waals surface area (Å²) < 4.78 is 11.3. The number of rotatable bonds is 9. The number of nitrogens with zero attached hydrogens (tertiary/aromatic N) is 2. The molecule has 0 radical (unpaired) electrons. The Labute approximate surface area is 220 Å². The predicted octanol–water partition coefficient (Wildman–Crippen LogP) is 5.47. The van der Waals surface area contributed by atoms with Gasteiger partial charge in [0.1, 0.15) is 24.7 Å². The van der Waals surface area contributed by atoms with Gasteiger partial charge >= 0.3 is 0 Å². The van der Waals surface area contributed by atoms with Gasteiger partial charge in [-0.3, -0.25) is 9.59 Å². The number of fused-ring (bicyclic) bond motifs is 1. The van der Waals surface area contributed by atoms with Crippen molar-refractivity contribution in [3.05, 3.63) is 81.0 Å². The van der Waals surface area contributed by atoms with Crippen LogP contribution in [-0.2, 0) is 11.2 Å². The van der Waals surface area contributed by atoms with E-state index in [2.05, 4.69) is 11.4 Å². The van der Waals surface area contributed by atoms with Crippen LogP contribution in [0.5, 0.6) is 11.5 Å². The first-order chi connectivity index (χ1) is 17.5. The Morgan fingerprint density at radius 1 is 1.06 bits per heavy atom. The molecule has 0 N–H and O–H groups in total. The number of benzene rings is 2. The fourth-order valence-corrected chi connectivity index (χ4v) is 5.64. The molecule has 188 valence electrons. The first-order valence-corrected chi connectivity index (χ1v) is 13.4. The molecule has 0 bridgehead atoms. The van der Waals surface area contributed by atoms with Gasteiger partial charge in [0.25, 0.3) is 5.91 Å². The third-order valence-corrected chi connectivity index (χ3v) is 8.01. The van der Waals surface area contributed by atoms with Crippen LogP contribution in [0, 0.1) is 5.92 Å². The van der Waals surface area contributed by atoms with E-state index in [1.807, 2.05) is 17.0 Å². The lowest BCUT2D eigenvalue weighted by atomic mass is 10.0. The van der Waals surface area contributed by atoms with Gasteiger partial charge in [-0.15, -0.1) is 11.3 Å². The van der Waals surface area contributed by atoms with Crippen molar-refractivity contribution in [2.24, 2.45) is 5.92 Å². The largest absolute Gasteiger partial charge is 0.497 e. The third-order valence-electron chi connectivity index (χ3n) is 6.76. The van der Waals surface area contributed by atoms with Gasteiger partial charge in [0.15, 0.2) is 0 Å². The summed E-state index contributed by atoms with van der Waals surface area (Å²) in [5.41, 5.74) is 1.69. The van der Waals surface area contributed by atoms with E-state index in [-0.39, 0.29) is 24.4 Å². The second kappa shape index (κ2) is 10.9. The number of methoxy groups -OCH3 is 1. The van der Waals surface area contributed by atoms with E-state index in [0.717, 1.165) is 24.8 Å². The smallest absolute Gasteiger partial charge is 0.254 e. The number of hydrogen-bond donors (Lipinski definition) is 0. The van der Waals surface area contributed by atoms with E-state index in [1.54, 1.807) is 59.7 Å². The molecule has 2 aliphatic rings. The summed E-state index contributed by atoms with van der Waals surface area (Å²) in [5.74, 6) is 1.69. The van der Waals surface area contributed by atoms with Crippen LogP contribution < -0.4 is 9.47 Å². The highest BCUT2D eigenvalue weighted by Crippen LogP contribution is 2.35. The van der Waals surface area contributed by atoms with Crippen molar-refractivity contribution in [3.63, 3.8) is 0 Å². The summed E-state index contributed by atoms with van der Waals surface area (Å²) in [6.07, 6.45) is 3.01. The number of carbonyl (C=O) groups is 2. The average Bonchev–Trinajstić information content (AvgIpc) is 3.59. The molecule has 0 saturated heterocycles. The van der Waals surface area contributed by atoms with Crippen molar-refractivity contribution in [1.82, 2.24) is 9.80 Å². The van der Waals surface area contributed by atoms with Crippen LogP contribution in [0.15, 0.2) is 60.0 Å². The SMILES string of the molecule is COc1ccc(C(=O)N(CC(=O)N2CCc3sccc3[C@H]2COc2ccc(Cl)cc2)CC2CC2)cc1. The summed E-state index contributed by atoms with van der Waals surface area (Å²) >= 11 is 7.72. The molecule has 1 aliphatic carbocycles. The van der Waals surface area contributed by atoms with Crippen LogP contribution in [0.25, 0.3) is 0 Å². The first-order valence-electron chi connectivity index (χ1n) is 12.2. The van der Waals surface area contributed by atoms with Crippen LogP contribution in [0.2, 0.25) is 5.02 Å². The average molecular weight is 525 g/mol. The van der Waals surface area contributed by atoms with E-state index < -0.39 is 0 Å². The molecule has 36 heavy (non-hydrogen) atoms. The van der Waals surface area contributed by atoms with Crippen molar-refractivity contribution in [1.29, 1.82) is 0 Å². The Morgan fingerprint density at radius 3 is 2.47 bits per heavy atom.